The van der Waals surface area contributed by atoms with Gasteiger partial charge in [0.15, 0.2) is 0 Å². The summed E-state index contributed by atoms with van der Waals surface area (Å²) in [6.07, 6.45) is 0. The molecule has 20 heavy (non-hydrogen) atoms. The highest BCUT2D eigenvalue weighted by Crippen LogP contribution is 2.28. The minimum atomic E-state index is -3.61. The first-order valence-electron chi connectivity index (χ1n) is 5.62. The van der Waals surface area contributed by atoms with Gasteiger partial charge in [-0.3, -0.25) is 0 Å². The molecular weight excluding hydrogens is 384 g/mol. The summed E-state index contributed by atoms with van der Waals surface area (Å²) in [5.41, 5.74) is 6.14. The van der Waals surface area contributed by atoms with Crippen LogP contribution in [0.4, 0.5) is 5.69 Å². The zero-order chi connectivity index (χ0) is 14.9. The van der Waals surface area contributed by atoms with Gasteiger partial charge in [-0.25, -0.2) is 13.1 Å². The van der Waals surface area contributed by atoms with Crippen LogP contribution in [0, 0.1) is 0 Å². The van der Waals surface area contributed by atoms with Crippen molar-refractivity contribution < 1.29 is 8.42 Å². The maximum absolute atomic E-state index is 12.3. The Bertz CT molecular complexity index is 731. The second-order valence-electron chi connectivity index (χ2n) is 4.17. The molecule has 4 nitrogen and oxygen atoms in total. The van der Waals surface area contributed by atoms with Gasteiger partial charge in [0.2, 0.25) is 10.0 Å². The van der Waals surface area contributed by atoms with Crippen LogP contribution < -0.4 is 10.5 Å². The van der Waals surface area contributed by atoms with Crippen molar-refractivity contribution in [3.8, 4) is 0 Å². The molecule has 0 fully saturated rings. The van der Waals surface area contributed by atoms with Crippen LogP contribution >= 0.6 is 38.9 Å². The molecule has 0 spiro atoms. The molecule has 0 amide bonds. The number of hydrogen-bond donors (Lipinski definition) is 2. The van der Waals surface area contributed by atoms with Crippen LogP contribution in [0.25, 0.3) is 0 Å². The average molecular weight is 396 g/mol. The summed E-state index contributed by atoms with van der Waals surface area (Å²) in [5, 5.41) is 0. The highest BCUT2D eigenvalue weighted by atomic mass is 79.9. The number of thiophene rings is 1. The molecule has 1 aromatic heterocycles. The van der Waals surface area contributed by atoms with E-state index in [1.165, 1.54) is 23.5 Å². The molecule has 1 atom stereocenters. The highest BCUT2D eigenvalue weighted by Gasteiger charge is 2.20. The Hall–Kier alpha value is -0.600. The van der Waals surface area contributed by atoms with Crippen molar-refractivity contribution in [1.29, 1.82) is 0 Å². The number of nitrogens with two attached hydrogens (primary N) is 1. The Kier molecular flexibility index (Phi) is 4.76. The Morgan fingerprint density at radius 1 is 1.35 bits per heavy atom. The van der Waals surface area contributed by atoms with Gasteiger partial charge in [-0.2, -0.15) is 0 Å². The van der Waals surface area contributed by atoms with Crippen molar-refractivity contribution in [3.63, 3.8) is 0 Å². The number of benzene rings is 1. The van der Waals surface area contributed by atoms with E-state index in [2.05, 4.69) is 20.7 Å². The molecule has 1 heterocycles. The smallest absolute Gasteiger partial charge is 0.241 e. The molecule has 0 saturated carbocycles. The molecule has 0 radical (unpaired) electrons. The molecule has 108 valence electrons. The number of rotatable bonds is 4. The monoisotopic (exact) mass is 394 g/mol. The molecular formula is C12H12BrClN2O2S2. The van der Waals surface area contributed by atoms with E-state index >= 15 is 0 Å². The van der Waals surface area contributed by atoms with Crippen LogP contribution in [0.3, 0.4) is 0 Å². The van der Waals surface area contributed by atoms with Crippen LogP contribution in [0.2, 0.25) is 4.34 Å². The molecule has 2 rings (SSSR count). The topological polar surface area (TPSA) is 72.2 Å². The largest absolute Gasteiger partial charge is 0.398 e. The summed E-state index contributed by atoms with van der Waals surface area (Å²) in [7, 11) is -3.61. The van der Waals surface area contributed by atoms with Crippen molar-refractivity contribution >= 4 is 54.6 Å². The second-order valence-corrected chi connectivity index (χ2v) is 8.48. The first-order valence-corrected chi connectivity index (χ1v) is 9.09. The fraction of sp³-hybridized carbons (Fsp3) is 0.167. The van der Waals surface area contributed by atoms with E-state index in [4.69, 9.17) is 17.3 Å². The summed E-state index contributed by atoms with van der Waals surface area (Å²) in [4.78, 5) is 1.01. The molecule has 0 aliphatic heterocycles. The predicted octanol–water partition coefficient (Wildman–Crippen LogP) is 3.79. The molecule has 2 aromatic rings. The average Bonchev–Trinajstić information content (AvgIpc) is 2.79. The van der Waals surface area contributed by atoms with Crippen LogP contribution in [-0.2, 0) is 10.0 Å². The lowest BCUT2D eigenvalue weighted by Gasteiger charge is -2.13. The van der Waals surface area contributed by atoms with Crippen LogP contribution in [-0.4, -0.2) is 8.42 Å². The molecule has 0 bridgehead atoms. The van der Waals surface area contributed by atoms with E-state index in [1.54, 1.807) is 25.1 Å². The molecule has 1 aromatic carbocycles. The summed E-state index contributed by atoms with van der Waals surface area (Å²) in [6, 6.07) is 7.69. The van der Waals surface area contributed by atoms with Gasteiger partial charge in [0, 0.05) is 15.0 Å². The zero-order valence-corrected chi connectivity index (χ0v) is 14.4. The zero-order valence-electron chi connectivity index (χ0n) is 10.4. The Morgan fingerprint density at radius 2 is 2.05 bits per heavy atom. The van der Waals surface area contributed by atoms with Crippen LogP contribution in [0.1, 0.15) is 17.8 Å². The third kappa shape index (κ3) is 3.53. The lowest BCUT2D eigenvalue weighted by Crippen LogP contribution is -2.26. The van der Waals surface area contributed by atoms with Crippen molar-refractivity contribution in [2.75, 3.05) is 5.73 Å². The summed E-state index contributed by atoms with van der Waals surface area (Å²) in [6.45, 7) is 1.77. The quantitative estimate of drug-likeness (QED) is 0.774. The lowest BCUT2D eigenvalue weighted by atomic mass is 10.3. The highest BCUT2D eigenvalue weighted by molar-refractivity contribution is 9.10. The predicted molar refractivity (Wildman–Crippen MR) is 86.6 cm³/mol. The van der Waals surface area contributed by atoms with Gasteiger partial charge in [0.1, 0.15) is 0 Å². The normalized spacial score (nSPS) is 13.3. The first kappa shape index (κ1) is 15.8. The number of anilines is 1. The van der Waals surface area contributed by atoms with E-state index in [9.17, 15) is 8.42 Å². The van der Waals surface area contributed by atoms with Gasteiger partial charge >= 0.3 is 0 Å². The van der Waals surface area contributed by atoms with Gasteiger partial charge in [-0.15, -0.1) is 11.3 Å². The van der Waals surface area contributed by atoms with Crippen LogP contribution in [0.15, 0.2) is 39.7 Å². The third-order valence-electron chi connectivity index (χ3n) is 2.63. The fourth-order valence-corrected chi connectivity index (χ4v) is 4.51. The Labute approximate surface area is 135 Å². The number of hydrogen-bond acceptors (Lipinski definition) is 4. The fourth-order valence-electron chi connectivity index (χ4n) is 1.59. The molecule has 3 N–H and O–H groups in total. The third-order valence-corrected chi connectivity index (χ3v) is 6.27. The van der Waals surface area contributed by atoms with Crippen molar-refractivity contribution in [2.45, 2.75) is 17.9 Å². The lowest BCUT2D eigenvalue weighted by molar-refractivity contribution is 0.568. The number of sulfonamides is 1. The Morgan fingerprint density at radius 3 is 2.60 bits per heavy atom. The number of nitrogen functional groups attached to an aromatic ring is 1. The minimum absolute atomic E-state index is 0.160. The van der Waals surface area contributed by atoms with Gasteiger partial charge in [0.05, 0.1) is 15.3 Å². The summed E-state index contributed by atoms with van der Waals surface area (Å²) < 4.78 is 28.4. The van der Waals surface area contributed by atoms with Crippen molar-refractivity contribution in [3.05, 3.63) is 44.0 Å². The van der Waals surface area contributed by atoms with E-state index in [-0.39, 0.29) is 10.9 Å². The van der Waals surface area contributed by atoms with Crippen LogP contribution in [0.5, 0.6) is 0 Å². The maximum atomic E-state index is 12.3. The summed E-state index contributed by atoms with van der Waals surface area (Å²) in [5.74, 6) is 0. The summed E-state index contributed by atoms with van der Waals surface area (Å²) >= 11 is 10.4. The minimum Gasteiger partial charge on any atom is -0.398 e. The van der Waals surface area contributed by atoms with Gasteiger partial charge in [-0.05, 0) is 53.2 Å². The second kappa shape index (κ2) is 6.03. The SMILES string of the molecule is CC(NS(=O)(=O)c1ccc(N)c(Br)c1)c1ccc(Cl)s1. The van der Waals surface area contributed by atoms with E-state index < -0.39 is 10.0 Å². The number of nitrogens with one attached hydrogen (secondary N) is 1. The van der Waals surface area contributed by atoms with Gasteiger partial charge in [-0.1, -0.05) is 11.6 Å². The van der Waals surface area contributed by atoms with E-state index in [1.807, 2.05) is 0 Å². The van der Waals surface area contributed by atoms with Gasteiger partial charge < -0.3 is 5.73 Å². The molecule has 1 unspecified atom stereocenters. The van der Waals surface area contributed by atoms with Gasteiger partial charge in [0.25, 0.3) is 0 Å². The van der Waals surface area contributed by atoms with Crippen molar-refractivity contribution in [1.82, 2.24) is 4.72 Å². The van der Waals surface area contributed by atoms with E-state index in [0.29, 0.717) is 14.5 Å². The molecule has 8 heteroatoms. The maximum Gasteiger partial charge on any atom is 0.241 e. The Balaban J connectivity index is 2.24. The van der Waals surface area contributed by atoms with Crippen molar-refractivity contribution in [2.24, 2.45) is 0 Å². The van der Waals surface area contributed by atoms with E-state index in [0.717, 1.165) is 4.88 Å². The number of halogens is 2. The standard InChI is InChI=1S/C12H12BrClN2O2S2/c1-7(11-4-5-12(14)19-11)16-20(17,18)8-2-3-10(15)9(13)6-8/h2-7,16H,15H2,1H3. The molecule has 0 saturated heterocycles. The molecule has 0 aliphatic carbocycles. The molecule has 0 aliphatic rings. The first-order chi connectivity index (χ1) is 9.29.